The highest BCUT2D eigenvalue weighted by Gasteiger charge is 2.50. The summed E-state index contributed by atoms with van der Waals surface area (Å²) < 4.78 is 11.1. The normalized spacial score (nSPS) is 22.5. The van der Waals surface area contributed by atoms with Crippen LogP contribution in [0.4, 0.5) is 0 Å². The molecule has 3 rings (SSSR count). The van der Waals surface area contributed by atoms with Crippen molar-refractivity contribution >= 4 is 5.70 Å². The van der Waals surface area contributed by atoms with Gasteiger partial charge in [-0.1, -0.05) is 93.6 Å². The molecule has 0 bridgehead atoms. The van der Waals surface area contributed by atoms with Crippen LogP contribution in [0.2, 0.25) is 0 Å². The lowest BCUT2D eigenvalue weighted by Crippen LogP contribution is -2.42. The van der Waals surface area contributed by atoms with Crippen molar-refractivity contribution in [3.05, 3.63) is 152 Å². The van der Waals surface area contributed by atoms with E-state index in [0.717, 1.165) is 40.3 Å². The van der Waals surface area contributed by atoms with Crippen LogP contribution in [0.5, 0.6) is 0 Å². The predicted octanol–water partition coefficient (Wildman–Crippen LogP) is 7.54. The Balaban J connectivity index is 2.30. The molecule has 0 aliphatic carbocycles. The zero-order valence-electron chi connectivity index (χ0n) is 20.9. The number of ether oxygens (including phenoxy) is 2. The largest absolute Gasteiger partial charge is 0.491 e. The van der Waals surface area contributed by atoms with Gasteiger partial charge in [-0.25, -0.2) is 0 Å². The molecule has 35 heavy (non-hydrogen) atoms. The van der Waals surface area contributed by atoms with E-state index in [0.29, 0.717) is 12.4 Å². The van der Waals surface area contributed by atoms with E-state index in [9.17, 15) is 0 Å². The van der Waals surface area contributed by atoms with Gasteiger partial charge < -0.3 is 14.4 Å². The van der Waals surface area contributed by atoms with Crippen LogP contribution in [0, 0.1) is 0 Å². The molecular formula is C32H35NO2. The van der Waals surface area contributed by atoms with Crippen LogP contribution in [-0.2, 0) is 15.0 Å². The average Bonchev–Trinajstić information content (AvgIpc) is 3.68. The molecule has 1 saturated heterocycles. The van der Waals surface area contributed by atoms with Crippen molar-refractivity contribution in [2.75, 3.05) is 13.2 Å². The summed E-state index contributed by atoms with van der Waals surface area (Å²) >= 11 is 0. The average molecular weight is 466 g/mol. The van der Waals surface area contributed by atoms with Crippen molar-refractivity contribution in [3.8, 4) is 0 Å². The second-order valence-electron chi connectivity index (χ2n) is 8.25. The standard InChI is InChI=1S/C32H35NO2/c1-8-13-17-27(16-9-2)33-25(7)30-18-14-15-19-31(30)32(33,24(6)10-3)26(11-4)20-21-28(12-5)34-22-29-23-35-29/h8-21,29H,3-7,22-23H2,1-2H3/b13-8-,16-9-,26-20+,27-17+,28-21+. The molecule has 3 heteroatoms. The van der Waals surface area contributed by atoms with E-state index in [-0.39, 0.29) is 6.10 Å². The first-order valence-electron chi connectivity index (χ1n) is 11.8. The molecule has 2 aliphatic rings. The number of rotatable bonds is 12. The van der Waals surface area contributed by atoms with E-state index in [4.69, 9.17) is 9.47 Å². The van der Waals surface area contributed by atoms with Gasteiger partial charge in [-0.05, 0) is 54.9 Å². The zero-order valence-corrected chi connectivity index (χ0v) is 20.9. The molecule has 2 atom stereocenters. The number of hydrogen-bond acceptors (Lipinski definition) is 3. The van der Waals surface area contributed by atoms with Crippen molar-refractivity contribution in [2.24, 2.45) is 0 Å². The van der Waals surface area contributed by atoms with Crippen molar-refractivity contribution in [2.45, 2.75) is 25.5 Å². The summed E-state index contributed by atoms with van der Waals surface area (Å²) in [6.07, 6.45) is 19.7. The molecule has 2 heterocycles. The van der Waals surface area contributed by atoms with Crippen LogP contribution in [0.3, 0.4) is 0 Å². The van der Waals surface area contributed by atoms with Gasteiger partial charge in [-0.2, -0.15) is 0 Å². The summed E-state index contributed by atoms with van der Waals surface area (Å²) in [5.41, 5.74) is 4.89. The second-order valence-corrected chi connectivity index (χ2v) is 8.25. The van der Waals surface area contributed by atoms with Crippen molar-refractivity contribution in [1.82, 2.24) is 4.90 Å². The summed E-state index contributed by atoms with van der Waals surface area (Å²) in [5.74, 6) is 0.661. The first-order valence-corrected chi connectivity index (χ1v) is 11.8. The van der Waals surface area contributed by atoms with Crippen LogP contribution in [-0.4, -0.2) is 24.2 Å². The lowest BCUT2D eigenvalue weighted by Gasteiger charge is -2.43. The van der Waals surface area contributed by atoms with Gasteiger partial charge in [0.25, 0.3) is 0 Å². The Bertz CT molecular complexity index is 1170. The maximum atomic E-state index is 5.88. The predicted molar refractivity (Wildman–Crippen MR) is 148 cm³/mol. The molecule has 3 nitrogen and oxygen atoms in total. The van der Waals surface area contributed by atoms with E-state index < -0.39 is 5.54 Å². The number of fused-ring (bicyclic) bond motifs is 1. The number of hydrogen-bond donors (Lipinski definition) is 0. The topological polar surface area (TPSA) is 25.0 Å². The summed E-state index contributed by atoms with van der Waals surface area (Å²) in [4.78, 5) is 2.22. The fourth-order valence-electron chi connectivity index (χ4n) is 4.38. The molecule has 180 valence electrons. The minimum absolute atomic E-state index is 0.161. The SMILES string of the molecule is C=CC(=C)C1(/C(C=C)=C/C=C(\C=C)OCC2CO2)c2ccccc2C(=C)N1C(/C=C\C)=C/C=C\C. The number of epoxide rings is 1. The van der Waals surface area contributed by atoms with Crippen LogP contribution in [0.15, 0.2) is 141 Å². The van der Waals surface area contributed by atoms with E-state index in [1.54, 1.807) is 6.08 Å². The molecule has 0 radical (unpaired) electrons. The first kappa shape index (κ1) is 25.8. The van der Waals surface area contributed by atoms with E-state index in [2.05, 4.69) is 62.1 Å². The molecule has 0 spiro atoms. The van der Waals surface area contributed by atoms with E-state index in [1.165, 1.54) is 0 Å². The molecule has 2 aliphatic heterocycles. The molecular weight excluding hydrogens is 430 g/mol. The van der Waals surface area contributed by atoms with Gasteiger partial charge in [0.15, 0.2) is 0 Å². The molecule has 1 aromatic carbocycles. The number of allylic oxidation sites excluding steroid dienone is 8. The highest BCUT2D eigenvalue weighted by Crippen LogP contribution is 2.55. The van der Waals surface area contributed by atoms with Crippen LogP contribution >= 0.6 is 0 Å². The minimum atomic E-state index is -0.799. The Labute approximate surface area is 210 Å². The van der Waals surface area contributed by atoms with Crippen molar-refractivity contribution in [1.29, 1.82) is 0 Å². The fraction of sp³-hybridized carbons (Fsp3) is 0.188. The van der Waals surface area contributed by atoms with Gasteiger partial charge in [0.1, 0.15) is 24.0 Å². The lowest BCUT2D eigenvalue weighted by atomic mass is 9.76. The van der Waals surface area contributed by atoms with Gasteiger partial charge in [-0.15, -0.1) is 0 Å². The number of nitrogens with zero attached hydrogens (tertiary/aromatic N) is 1. The molecule has 0 amide bonds. The maximum Gasteiger partial charge on any atom is 0.121 e. The smallest absolute Gasteiger partial charge is 0.121 e. The first-order chi connectivity index (χ1) is 17.0. The van der Waals surface area contributed by atoms with Crippen molar-refractivity contribution in [3.63, 3.8) is 0 Å². The Hall–Kier alpha value is -3.82. The van der Waals surface area contributed by atoms with E-state index >= 15 is 0 Å². The Morgan fingerprint density at radius 3 is 2.43 bits per heavy atom. The number of benzene rings is 1. The molecule has 1 fully saturated rings. The summed E-state index contributed by atoms with van der Waals surface area (Å²) in [6.45, 7) is 26.4. The molecule has 1 aromatic rings. The van der Waals surface area contributed by atoms with E-state index in [1.807, 2.05) is 68.5 Å². The third-order valence-corrected chi connectivity index (χ3v) is 6.10. The monoisotopic (exact) mass is 465 g/mol. The van der Waals surface area contributed by atoms with Gasteiger partial charge in [0.2, 0.25) is 0 Å². The fourth-order valence-corrected chi connectivity index (χ4v) is 4.38. The third-order valence-electron chi connectivity index (χ3n) is 6.10. The Morgan fingerprint density at radius 1 is 1.09 bits per heavy atom. The zero-order chi connectivity index (χ0) is 25.4. The lowest BCUT2D eigenvalue weighted by molar-refractivity contribution is 0.193. The summed E-state index contributed by atoms with van der Waals surface area (Å²) in [7, 11) is 0. The molecule has 0 saturated carbocycles. The summed E-state index contributed by atoms with van der Waals surface area (Å²) in [6, 6.07) is 8.28. The highest BCUT2D eigenvalue weighted by atomic mass is 16.6. The van der Waals surface area contributed by atoms with Gasteiger partial charge >= 0.3 is 0 Å². The van der Waals surface area contributed by atoms with Gasteiger partial charge in [0.05, 0.1) is 6.61 Å². The van der Waals surface area contributed by atoms with Crippen molar-refractivity contribution < 1.29 is 9.47 Å². The second kappa shape index (κ2) is 11.5. The third kappa shape index (κ3) is 5.01. The highest BCUT2D eigenvalue weighted by molar-refractivity contribution is 5.80. The quantitative estimate of drug-likeness (QED) is 0.181. The maximum absolute atomic E-state index is 5.88. The Kier molecular flexibility index (Phi) is 8.51. The van der Waals surface area contributed by atoms with Crippen LogP contribution < -0.4 is 0 Å². The summed E-state index contributed by atoms with van der Waals surface area (Å²) in [5, 5.41) is 0. The van der Waals surface area contributed by atoms with Crippen LogP contribution in [0.25, 0.3) is 5.70 Å². The molecule has 2 unspecified atom stereocenters. The Morgan fingerprint density at radius 2 is 1.83 bits per heavy atom. The molecule has 0 N–H and O–H groups in total. The molecule has 0 aromatic heterocycles. The van der Waals surface area contributed by atoms with Gasteiger partial charge in [0, 0.05) is 17.0 Å². The minimum Gasteiger partial charge on any atom is -0.491 e. The van der Waals surface area contributed by atoms with Gasteiger partial charge in [-0.3, -0.25) is 0 Å². The van der Waals surface area contributed by atoms with Crippen LogP contribution in [0.1, 0.15) is 25.0 Å².